The smallest absolute Gasteiger partial charge is 0.273 e. The molecule has 0 fully saturated rings. The summed E-state index contributed by atoms with van der Waals surface area (Å²) in [5.41, 5.74) is 1.37. The average molecular weight is 303 g/mol. The van der Waals surface area contributed by atoms with Gasteiger partial charge in [0.1, 0.15) is 0 Å². The topological polar surface area (TPSA) is 69.8 Å². The summed E-state index contributed by atoms with van der Waals surface area (Å²) in [6, 6.07) is 0. The van der Waals surface area contributed by atoms with Crippen molar-refractivity contribution in [1.82, 2.24) is 20.8 Å². The number of carbonyl (C=O) groups excluding carboxylic acids is 1. The minimum absolute atomic E-state index is 0.155. The zero-order valence-corrected chi connectivity index (χ0v) is 12.0. The van der Waals surface area contributed by atoms with E-state index in [0.29, 0.717) is 18.2 Å². The summed E-state index contributed by atoms with van der Waals surface area (Å²) in [5, 5.41) is 12.9. The summed E-state index contributed by atoms with van der Waals surface area (Å²) in [6.45, 7) is 8.39. The molecule has 0 unspecified atom stereocenters. The van der Waals surface area contributed by atoms with Crippen LogP contribution in [0.25, 0.3) is 0 Å². The highest BCUT2D eigenvalue weighted by Crippen LogP contribution is 2.25. The van der Waals surface area contributed by atoms with Gasteiger partial charge in [0.25, 0.3) is 5.91 Å². The largest absolute Gasteiger partial charge is 0.349 e. The van der Waals surface area contributed by atoms with Gasteiger partial charge in [-0.1, -0.05) is 20.8 Å². The van der Waals surface area contributed by atoms with Crippen molar-refractivity contribution in [2.75, 3.05) is 19.6 Å². The molecule has 0 radical (unpaired) electrons. The van der Waals surface area contributed by atoms with E-state index in [-0.39, 0.29) is 5.91 Å². The van der Waals surface area contributed by atoms with Gasteiger partial charge < -0.3 is 10.6 Å². The van der Waals surface area contributed by atoms with Gasteiger partial charge >= 0.3 is 0 Å². The number of hydrogen-bond donors (Lipinski definition) is 3. The Balaban J connectivity index is 2.57. The van der Waals surface area contributed by atoms with Gasteiger partial charge in [0.05, 0.1) is 10.2 Å². The quantitative estimate of drug-likeness (QED) is 0.700. The Bertz CT molecular complexity index is 376. The number of likely N-dealkylation sites (N-methyl/N-ethyl adjacent to an activating group) is 1. The first-order valence-corrected chi connectivity index (χ1v) is 6.59. The number of hydrogen-bond acceptors (Lipinski definition) is 3. The van der Waals surface area contributed by atoms with Gasteiger partial charge in [-0.2, -0.15) is 5.10 Å². The lowest BCUT2D eigenvalue weighted by molar-refractivity contribution is 0.0948. The maximum absolute atomic E-state index is 11.8. The molecule has 1 heterocycles. The van der Waals surface area contributed by atoms with Gasteiger partial charge in [0.2, 0.25) is 0 Å². The fourth-order valence-corrected chi connectivity index (χ4v) is 2.21. The van der Waals surface area contributed by atoms with Crippen molar-refractivity contribution >= 4 is 21.8 Å². The third-order valence-electron chi connectivity index (χ3n) is 2.36. The summed E-state index contributed by atoms with van der Waals surface area (Å²) in [7, 11) is 0. The highest BCUT2D eigenvalue weighted by molar-refractivity contribution is 9.10. The fourth-order valence-electron chi connectivity index (χ4n) is 1.40. The third kappa shape index (κ3) is 3.81. The Kier molecular flexibility index (Phi) is 5.64. The molecule has 0 saturated carbocycles. The van der Waals surface area contributed by atoms with Gasteiger partial charge in [-0.25, -0.2) is 0 Å². The SMILES string of the molecule is CCNCCNC(=O)c1n[nH]c(C(C)C)c1Br. The molecule has 6 heteroatoms. The van der Waals surface area contributed by atoms with Crippen molar-refractivity contribution in [3.05, 3.63) is 15.9 Å². The van der Waals surface area contributed by atoms with E-state index in [0.717, 1.165) is 23.3 Å². The number of H-pyrrole nitrogens is 1. The van der Waals surface area contributed by atoms with Gasteiger partial charge in [0.15, 0.2) is 5.69 Å². The summed E-state index contributed by atoms with van der Waals surface area (Å²) < 4.78 is 0.758. The molecule has 0 saturated heterocycles. The molecule has 5 nitrogen and oxygen atoms in total. The van der Waals surface area contributed by atoms with Crippen LogP contribution < -0.4 is 10.6 Å². The molecule has 3 N–H and O–H groups in total. The Morgan fingerprint density at radius 3 is 2.71 bits per heavy atom. The molecule has 1 aromatic heterocycles. The number of aromatic amines is 1. The Morgan fingerprint density at radius 1 is 1.47 bits per heavy atom. The van der Waals surface area contributed by atoms with Crippen LogP contribution >= 0.6 is 15.9 Å². The van der Waals surface area contributed by atoms with E-state index >= 15 is 0 Å². The molecule has 0 aliphatic heterocycles. The standard InChI is InChI=1S/C11H19BrN4O/c1-4-13-5-6-14-11(17)10-8(12)9(7(2)3)15-16-10/h7,13H,4-6H2,1-3H3,(H,14,17)(H,15,16). The lowest BCUT2D eigenvalue weighted by Crippen LogP contribution is -2.32. The Labute approximate surface area is 110 Å². The second-order valence-electron chi connectivity index (χ2n) is 4.06. The van der Waals surface area contributed by atoms with E-state index in [1.165, 1.54) is 0 Å². The van der Waals surface area contributed by atoms with Gasteiger partial charge in [0, 0.05) is 13.1 Å². The number of amides is 1. The second kappa shape index (κ2) is 6.76. The highest BCUT2D eigenvalue weighted by atomic mass is 79.9. The first kappa shape index (κ1) is 14.2. The van der Waals surface area contributed by atoms with Crippen LogP contribution in [-0.2, 0) is 0 Å². The molecule has 0 aromatic carbocycles. The molecule has 0 spiro atoms. The van der Waals surface area contributed by atoms with Crippen molar-refractivity contribution in [2.45, 2.75) is 26.7 Å². The lowest BCUT2D eigenvalue weighted by Gasteiger charge is -2.04. The van der Waals surface area contributed by atoms with Crippen LogP contribution in [0, 0.1) is 0 Å². The zero-order valence-electron chi connectivity index (χ0n) is 10.4. The first-order valence-electron chi connectivity index (χ1n) is 5.80. The normalized spacial score (nSPS) is 10.9. The lowest BCUT2D eigenvalue weighted by atomic mass is 10.1. The van der Waals surface area contributed by atoms with Crippen molar-refractivity contribution in [1.29, 1.82) is 0 Å². The van der Waals surface area contributed by atoms with Crippen molar-refractivity contribution in [2.24, 2.45) is 0 Å². The summed E-state index contributed by atoms with van der Waals surface area (Å²) in [5.74, 6) is 0.151. The van der Waals surface area contributed by atoms with E-state index in [4.69, 9.17) is 0 Å². The number of halogens is 1. The summed E-state index contributed by atoms with van der Waals surface area (Å²) >= 11 is 3.40. The fraction of sp³-hybridized carbons (Fsp3) is 0.636. The van der Waals surface area contributed by atoms with Crippen LogP contribution in [0.2, 0.25) is 0 Å². The first-order chi connectivity index (χ1) is 8.07. The van der Waals surface area contributed by atoms with Gasteiger partial charge in [-0.15, -0.1) is 0 Å². The molecule has 0 atom stereocenters. The molecule has 96 valence electrons. The highest BCUT2D eigenvalue weighted by Gasteiger charge is 2.18. The Hall–Kier alpha value is -0.880. The van der Waals surface area contributed by atoms with Crippen molar-refractivity contribution in [3.8, 4) is 0 Å². The maximum Gasteiger partial charge on any atom is 0.273 e. The molecule has 1 aromatic rings. The van der Waals surface area contributed by atoms with Gasteiger partial charge in [-0.05, 0) is 28.4 Å². The third-order valence-corrected chi connectivity index (χ3v) is 3.17. The predicted molar refractivity (Wildman–Crippen MR) is 71.3 cm³/mol. The van der Waals surface area contributed by atoms with E-state index in [2.05, 4.69) is 36.8 Å². The predicted octanol–water partition coefficient (Wildman–Crippen LogP) is 1.63. The zero-order chi connectivity index (χ0) is 12.8. The average Bonchev–Trinajstić information content (AvgIpc) is 2.66. The van der Waals surface area contributed by atoms with Crippen LogP contribution in [0.15, 0.2) is 4.47 Å². The van der Waals surface area contributed by atoms with E-state index < -0.39 is 0 Å². The maximum atomic E-state index is 11.8. The number of aromatic nitrogens is 2. The minimum Gasteiger partial charge on any atom is -0.349 e. The molecule has 0 aliphatic rings. The minimum atomic E-state index is -0.155. The summed E-state index contributed by atoms with van der Waals surface area (Å²) in [6.07, 6.45) is 0. The number of rotatable bonds is 6. The second-order valence-corrected chi connectivity index (χ2v) is 4.86. The van der Waals surface area contributed by atoms with E-state index in [9.17, 15) is 4.79 Å². The van der Waals surface area contributed by atoms with Crippen molar-refractivity contribution < 1.29 is 4.79 Å². The molecular formula is C11H19BrN4O. The van der Waals surface area contributed by atoms with Crippen LogP contribution in [0.1, 0.15) is 42.9 Å². The molecule has 1 amide bonds. The number of nitrogens with zero attached hydrogens (tertiary/aromatic N) is 1. The van der Waals surface area contributed by atoms with Crippen LogP contribution in [0.3, 0.4) is 0 Å². The van der Waals surface area contributed by atoms with Gasteiger partial charge in [-0.3, -0.25) is 9.89 Å². The monoisotopic (exact) mass is 302 g/mol. The van der Waals surface area contributed by atoms with Crippen LogP contribution in [0.5, 0.6) is 0 Å². The number of nitrogens with one attached hydrogen (secondary N) is 3. The molecule has 17 heavy (non-hydrogen) atoms. The number of carbonyl (C=O) groups is 1. The molecule has 0 aliphatic carbocycles. The van der Waals surface area contributed by atoms with Crippen LogP contribution in [-0.4, -0.2) is 35.7 Å². The summed E-state index contributed by atoms with van der Waals surface area (Å²) in [4.78, 5) is 11.8. The molecule has 1 rings (SSSR count). The van der Waals surface area contributed by atoms with E-state index in [1.54, 1.807) is 0 Å². The van der Waals surface area contributed by atoms with Crippen molar-refractivity contribution in [3.63, 3.8) is 0 Å². The molecular weight excluding hydrogens is 284 g/mol. The van der Waals surface area contributed by atoms with E-state index in [1.807, 2.05) is 20.8 Å². The molecule has 0 bridgehead atoms. The Morgan fingerprint density at radius 2 is 2.18 bits per heavy atom. The van der Waals surface area contributed by atoms with Crippen LogP contribution in [0.4, 0.5) is 0 Å².